The first kappa shape index (κ1) is 45.0. The Bertz CT molecular complexity index is 1210. The van der Waals surface area contributed by atoms with Gasteiger partial charge in [0.2, 0.25) is 17.7 Å². The molecule has 3 fully saturated rings. The molecule has 54 heavy (non-hydrogen) atoms. The molecule has 0 aromatic heterocycles. The van der Waals surface area contributed by atoms with Gasteiger partial charge in [-0.3, -0.25) is 28.9 Å². The summed E-state index contributed by atoms with van der Waals surface area (Å²) in [7, 11) is 0. The van der Waals surface area contributed by atoms with Gasteiger partial charge in [-0.2, -0.15) is 0 Å². The van der Waals surface area contributed by atoms with Crippen molar-refractivity contribution in [2.24, 2.45) is 0 Å². The number of hydrogen-bond acceptors (Lipinski definition) is 18. The molecule has 22 nitrogen and oxygen atoms in total. The van der Waals surface area contributed by atoms with Gasteiger partial charge < -0.3 is 70.4 Å². The van der Waals surface area contributed by atoms with Crippen LogP contribution in [0.5, 0.6) is 0 Å². The molecule has 2 unspecified atom stereocenters. The Hall–Kier alpha value is -3.42. The number of ether oxygens (including phenoxy) is 4. The Kier molecular flexibility index (Phi) is 18.5. The Balaban J connectivity index is 1.41. The predicted octanol–water partition coefficient (Wildman–Crippen LogP) is -5.51. The third-order valence-electron chi connectivity index (χ3n) is 8.71. The third-order valence-corrected chi connectivity index (χ3v) is 8.71. The van der Waals surface area contributed by atoms with Crippen LogP contribution in [0.1, 0.15) is 52.4 Å². The van der Waals surface area contributed by atoms with Gasteiger partial charge in [-0.1, -0.05) is 6.42 Å². The summed E-state index contributed by atoms with van der Waals surface area (Å²) in [4.78, 5) is 79.4. The second-order valence-electron chi connectivity index (χ2n) is 13.2. The molecule has 0 spiro atoms. The maximum absolute atomic E-state index is 12.8. The fraction of sp³-hybridized carbons (Fsp3) is 0.812. The van der Waals surface area contributed by atoms with Crippen molar-refractivity contribution in [1.82, 2.24) is 25.9 Å². The van der Waals surface area contributed by atoms with Gasteiger partial charge >= 0.3 is 5.97 Å². The first-order valence-corrected chi connectivity index (χ1v) is 17.8. The third kappa shape index (κ3) is 14.0. The lowest BCUT2D eigenvalue weighted by Gasteiger charge is -2.38. The minimum Gasteiger partial charge on any atom is -0.388 e. The molecule has 0 radical (unpaired) electrons. The maximum atomic E-state index is 12.8. The van der Waals surface area contributed by atoms with Crippen LogP contribution in [-0.2, 0) is 52.6 Å². The molecule has 9 N–H and O–H groups in total. The summed E-state index contributed by atoms with van der Waals surface area (Å²) < 4.78 is 21.5. The SMILES string of the molecule is C[C@@H]1OC(OCCNC(=O)CN(CC(=O)NCCCCCC(=O)ON2C(=O)CCC2=O)CC(=O)NCCOC2O[C@@H](C)[C@@H](O)[C@@H](O)[C@@H]2O)[C@@H](O)[C@H](O)[C@@H]1O. The van der Waals surface area contributed by atoms with Crippen LogP contribution in [0, 0.1) is 0 Å². The molecule has 0 aromatic carbocycles. The molecule has 308 valence electrons. The molecule has 0 aromatic rings. The van der Waals surface area contributed by atoms with Crippen molar-refractivity contribution >= 4 is 35.5 Å². The highest BCUT2D eigenvalue weighted by Gasteiger charge is 2.43. The summed E-state index contributed by atoms with van der Waals surface area (Å²) in [6.45, 7) is 1.59. The Morgan fingerprint density at radius 2 is 1.07 bits per heavy atom. The van der Waals surface area contributed by atoms with E-state index >= 15 is 0 Å². The molecule has 10 atom stereocenters. The highest BCUT2D eigenvalue weighted by atomic mass is 16.7. The van der Waals surface area contributed by atoms with E-state index in [2.05, 4.69) is 16.0 Å². The lowest BCUT2D eigenvalue weighted by Crippen LogP contribution is -2.57. The van der Waals surface area contributed by atoms with E-state index in [4.69, 9.17) is 23.8 Å². The van der Waals surface area contributed by atoms with Gasteiger partial charge in [-0.05, 0) is 26.7 Å². The normalized spacial score (nSPS) is 30.0. The quantitative estimate of drug-likeness (QED) is 0.0388. The van der Waals surface area contributed by atoms with Crippen LogP contribution in [0.15, 0.2) is 0 Å². The minimum atomic E-state index is -1.52. The summed E-state index contributed by atoms with van der Waals surface area (Å²) in [5, 5.41) is 67.9. The summed E-state index contributed by atoms with van der Waals surface area (Å²) in [5.74, 6) is -3.55. The minimum absolute atomic E-state index is 0.00960. The number of amides is 5. The van der Waals surface area contributed by atoms with E-state index in [0.29, 0.717) is 24.3 Å². The van der Waals surface area contributed by atoms with Crippen molar-refractivity contribution in [1.29, 1.82) is 0 Å². The zero-order valence-corrected chi connectivity index (χ0v) is 30.2. The molecule has 5 amide bonds. The average Bonchev–Trinajstić information content (AvgIpc) is 3.44. The number of nitrogens with zero attached hydrogens (tertiary/aromatic N) is 2. The van der Waals surface area contributed by atoms with Gasteiger partial charge in [0.05, 0.1) is 45.1 Å². The molecule has 0 saturated carbocycles. The van der Waals surface area contributed by atoms with E-state index in [0.717, 1.165) is 0 Å². The van der Waals surface area contributed by atoms with Crippen LogP contribution in [0.3, 0.4) is 0 Å². The lowest BCUT2D eigenvalue weighted by atomic mass is 10.0. The van der Waals surface area contributed by atoms with E-state index in [1.54, 1.807) is 0 Å². The number of nitrogens with one attached hydrogen (secondary N) is 3. The molecule has 22 heteroatoms. The van der Waals surface area contributed by atoms with Crippen LogP contribution in [0.25, 0.3) is 0 Å². The topological polar surface area (TPSA) is 313 Å². The standard InChI is InChI=1S/C32H53N5O17/c1-17-25(44)27(46)29(48)31(52-17)50-12-10-34-20(39)15-36(16-21(40)35-11-13-51-32-30(49)28(47)26(45)18(2)53-32)14-19(38)33-9-5-3-4-6-24(43)54-37-22(41)7-8-23(37)42/h17-18,25-32,44-49H,3-16H2,1-2H3,(H,33,38)(H,34,39)(H,35,40)/t17-,18-,25+,26+,27+,28+,29-,30-,31?,32?/m0/s1. The molecule has 3 rings (SSSR count). The molecular formula is C32H53N5O17. The zero-order valence-electron chi connectivity index (χ0n) is 30.2. The van der Waals surface area contributed by atoms with Gasteiger partial charge in [0, 0.05) is 38.9 Å². The highest BCUT2D eigenvalue weighted by Crippen LogP contribution is 2.22. The second kappa shape index (κ2) is 22.2. The lowest BCUT2D eigenvalue weighted by molar-refractivity contribution is -0.292. The van der Waals surface area contributed by atoms with Crippen molar-refractivity contribution in [3.05, 3.63) is 0 Å². The van der Waals surface area contributed by atoms with Crippen molar-refractivity contribution in [3.63, 3.8) is 0 Å². The number of rotatable bonds is 21. The molecule has 3 aliphatic heterocycles. The van der Waals surface area contributed by atoms with Gasteiger partial charge in [0.1, 0.15) is 36.6 Å². The molecular weight excluding hydrogens is 726 g/mol. The number of hydrogen-bond donors (Lipinski definition) is 9. The molecule has 0 aliphatic carbocycles. The first-order valence-electron chi connectivity index (χ1n) is 17.8. The maximum Gasteiger partial charge on any atom is 0.333 e. The molecule has 3 aliphatic rings. The van der Waals surface area contributed by atoms with E-state index in [1.165, 1.54) is 18.7 Å². The van der Waals surface area contributed by atoms with Crippen LogP contribution >= 0.6 is 0 Å². The van der Waals surface area contributed by atoms with Crippen molar-refractivity contribution in [3.8, 4) is 0 Å². The van der Waals surface area contributed by atoms with Crippen LogP contribution in [0.4, 0.5) is 0 Å². The van der Waals surface area contributed by atoms with Crippen molar-refractivity contribution in [2.75, 3.05) is 52.5 Å². The zero-order chi connectivity index (χ0) is 39.9. The van der Waals surface area contributed by atoms with Gasteiger partial charge in [0.25, 0.3) is 11.8 Å². The first-order chi connectivity index (χ1) is 25.6. The monoisotopic (exact) mass is 779 g/mol. The Labute approximate surface area is 310 Å². The average molecular weight is 780 g/mol. The number of aliphatic hydroxyl groups excluding tert-OH is 6. The summed E-state index contributed by atoms with van der Waals surface area (Å²) in [6.07, 6.45) is -11.5. The predicted molar refractivity (Wildman–Crippen MR) is 178 cm³/mol. The van der Waals surface area contributed by atoms with Crippen molar-refractivity contribution < 1.29 is 83.2 Å². The van der Waals surface area contributed by atoms with Gasteiger partial charge in [-0.15, -0.1) is 5.06 Å². The smallest absolute Gasteiger partial charge is 0.333 e. The van der Waals surface area contributed by atoms with Crippen molar-refractivity contribution in [2.45, 2.75) is 114 Å². The van der Waals surface area contributed by atoms with Gasteiger partial charge in [-0.25, -0.2) is 4.79 Å². The van der Waals surface area contributed by atoms with Crippen LogP contribution in [-0.4, -0.2) is 190 Å². The Morgan fingerprint density at radius 3 is 1.52 bits per heavy atom. The fourth-order valence-electron chi connectivity index (χ4n) is 5.58. The van der Waals surface area contributed by atoms with Gasteiger partial charge in [0.15, 0.2) is 12.6 Å². The molecule has 3 saturated heterocycles. The van der Waals surface area contributed by atoms with E-state index in [1.807, 2.05) is 0 Å². The number of carbonyl (C=O) groups excluding carboxylic acids is 6. The number of unbranched alkanes of at least 4 members (excludes halogenated alkanes) is 2. The Morgan fingerprint density at radius 1 is 0.648 bits per heavy atom. The fourth-order valence-corrected chi connectivity index (χ4v) is 5.58. The second-order valence-corrected chi connectivity index (χ2v) is 13.2. The van der Waals surface area contributed by atoms with Crippen LogP contribution in [0.2, 0.25) is 0 Å². The molecule has 0 bridgehead atoms. The highest BCUT2D eigenvalue weighted by molar-refractivity contribution is 6.01. The number of carbonyl (C=O) groups is 6. The summed E-state index contributed by atoms with van der Waals surface area (Å²) in [5.41, 5.74) is 0. The number of imide groups is 1. The summed E-state index contributed by atoms with van der Waals surface area (Å²) >= 11 is 0. The van der Waals surface area contributed by atoms with E-state index < -0.39 is 110 Å². The largest absolute Gasteiger partial charge is 0.388 e. The van der Waals surface area contributed by atoms with E-state index in [9.17, 15) is 59.4 Å². The number of hydroxylamine groups is 2. The summed E-state index contributed by atoms with van der Waals surface area (Å²) in [6, 6.07) is 0. The molecule has 3 heterocycles. The number of aliphatic hydroxyl groups is 6. The van der Waals surface area contributed by atoms with Crippen LogP contribution < -0.4 is 16.0 Å². The van der Waals surface area contributed by atoms with E-state index in [-0.39, 0.29) is 58.7 Å².